The third-order valence-corrected chi connectivity index (χ3v) is 3.18. The third-order valence-electron chi connectivity index (χ3n) is 2.82. The Labute approximate surface area is 121 Å². The first-order valence-electron chi connectivity index (χ1n) is 5.91. The van der Waals surface area contributed by atoms with E-state index >= 15 is 0 Å². The lowest BCUT2D eigenvalue weighted by Gasteiger charge is -2.11. The minimum absolute atomic E-state index is 0.0176. The lowest BCUT2D eigenvalue weighted by Crippen LogP contribution is -2.02. The van der Waals surface area contributed by atoms with Crippen LogP contribution >= 0.6 is 11.6 Å². The average Bonchev–Trinajstić information content (AvgIpc) is 2.46. The van der Waals surface area contributed by atoms with E-state index in [1.807, 2.05) is 24.3 Å². The first-order chi connectivity index (χ1) is 9.61. The van der Waals surface area contributed by atoms with Crippen LogP contribution in [0.3, 0.4) is 0 Å². The summed E-state index contributed by atoms with van der Waals surface area (Å²) >= 11 is 6.04. The highest BCUT2D eigenvalue weighted by Gasteiger charge is 2.09. The predicted molar refractivity (Wildman–Crippen MR) is 78.4 cm³/mol. The van der Waals surface area contributed by atoms with E-state index in [9.17, 15) is 10.1 Å². The molecule has 0 aliphatic carbocycles. The van der Waals surface area contributed by atoms with E-state index in [1.165, 1.54) is 12.1 Å². The van der Waals surface area contributed by atoms with Gasteiger partial charge < -0.3 is 10.1 Å². The Kier molecular flexibility index (Phi) is 4.42. The van der Waals surface area contributed by atoms with Gasteiger partial charge in [0.1, 0.15) is 5.75 Å². The van der Waals surface area contributed by atoms with E-state index in [0.717, 1.165) is 17.0 Å². The van der Waals surface area contributed by atoms with Crippen molar-refractivity contribution in [1.82, 2.24) is 0 Å². The number of methoxy groups -OCH3 is 1. The molecule has 0 saturated carbocycles. The molecule has 0 unspecified atom stereocenters. The van der Waals surface area contributed by atoms with Crippen LogP contribution in [0.25, 0.3) is 0 Å². The molecule has 2 aromatic rings. The van der Waals surface area contributed by atoms with E-state index in [-0.39, 0.29) is 5.69 Å². The number of ether oxygens (including phenoxy) is 1. The summed E-state index contributed by atoms with van der Waals surface area (Å²) in [6.45, 7) is 0.456. The molecule has 0 amide bonds. The van der Waals surface area contributed by atoms with Crippen molar-refractivity contribution in [2.45, 2.75) is 6.54 Å². The molecular formula is C14H13ClN2O3. The van der Waals surface area contributed by atoms with Gasteiger partial charge in [0.05, 0.1) is 22.7 Å². The van der Waals surface area contributed by atoms with Crippen LogP contribution in [0.4, 0.5) is 11.4 Å². The van der Waals surface area contributed by atoms with Crippen LogP contribution in [0.15, 0.2) is 42.5 Å². The van der Waals surface area contributed by atoms with Gasteiger partial charge in [-0.2, -0.15) is 0 Å². The van der Waals surface area contributed by atoms with Crippen molar-refractivity contribution in [3.63, 3.8) is 0 Å². The van der Waals surface area contributed by atoms with Gasteiger partial charge in [0.15, 0.2) is 0 Å². The largest absolute Gasteiger partial charge is 0.495 e. The molecule has 0 fully saturated rings. The first-order valence-corrected chi connectivity index (χ1v) is 6.29. The van der Waals surface area contributed by atoms with Gasteiger partial charge in [-0.05, 0) is 23.8 Å². The van der Waals surface area contributed by atoms with Crippen LogP contribution < -0.4 is 10.1 Å². The number of para-hydroxylation sites is 2. The van der Waals surface area contributed by atoms with Gasteiger partial charge in [-0.15, -0.1) is 0 Å². The summed E-state index contributed by atoms with van der Waals surface area (Å²) < 4.78 is 5.23. The van der Waals surface area contributed by atoms with Crippen molar-refractivity contribution in [2.24, 2.45) is 0 Å². The van der Waals surface area contributed by atoms with Crippen molar-refractivity contribution in [3.05, 3.63) is 63.2 Å². The molecule has 0 spiro atoms. The highest BCUT2D eigenvalue weighted by atomic mass is 35.5. The number of nitrogens with one attached hydrogen (secondary N) is 1. The smallest absolute Gasteiger partial charge is 0.270 e. The van der Waals surface area contributed by atoms with Crippen LogP contribution in [-0.2, 0) is 6.54 Å². The van der Waals surface area contributed by atoms with E-state index in [4.69, 9.17) is 16.3 Å². The maximum atomic E-state index is 10.6. The number of anilines is 1. The number of non-ortho nitro benzene ring substituents is 1. The van der Waals surface area contributed by atoms with Gasteiger partial charge in [0.2, 0.25) is 0 Å². The Bertz CT molecular complexity index is 632. The average molecular weight is 293 g/mol. The number of hydrogen-bond acceptors (Lipinski definition) is 4. The Balaban J connectivity index is 2.13. The molecule has 5 nitrogen and oxygen atoms in total. The number of rotatable bonds is 5. The molecule has 2 aromatic carbocycles. The fourth-order valence-corrected chi connectivity index (χ4v) is 2.02. The van der Waals surface area contributed by atoms with Crippen LogP contribution in [0.1, 0.15) is 5.56 Å². The Morgan fingerprint density at radius 3 is 2.70 bits per heavy atom. The summed E-state index contributed by atoms with van der Waals surface area (Å²) in [5.74, 6) is 0.727. The lowest BCUT2D eigenvalue weighted by atomic mass is 10.2. The molecule has 0 saturated heterocycles. The molecule has 0 radical (unpaired) electrons. The molecule has 0 aliphatic heterocycles. The van der Waals surface area contributed by atoms with Gasteiger partial charge >= 0.3 is 0 Å². The third kappa shape index (κ3) is 3.19. The molecular weight excluding hydrogens is 280 g/mol. The number of hydrogen-bond donors (Lipinski definition) is 1. The fraction of sp³-hybridized carbons (Fsp3) is 0.143. The number of halogens is 1. The highest BCUT2D eigenvalue weighted by molar-refractivity contribution is 6.31. The van der Waals surface area contributed by atoms with Crippen LogP contribution in [0, 0.1) is 10.1 Å². The van der Waals surface area contributed by atoms with Crippen molar-refractivity contribution in [1.29, 1.82) is 0 Å². The molecule has 1 N–H and O–H groups in total. The number of nitro benzene ring substituents is 1. The summed E-state index contributed by atoms with van der Waals surface area (Å²) in [4.78, 5) is 10.2. The predicted octanol–water partition coefficient (Wildman–Crippen LogP) is 3.87. The summed E-state index contributed by atoms with van der Waals surface area (Å²) in [5, 5.41) is 14.2. The monoisotopic (exact) mass is 292 g/mol. The second-order valence-electron chi connectivity index (χ2n) is 4.09. The van der Waals surface area contributed by atoms with Crippen molar-refractivity contribution in [2.75, 3.05) is 12.4 Å². The van der Waals surface area contributed by atoms with Gasteiger partial charge in [-0.1, -0.05) is 23.7 Å². The molecule has 0 atom stereocenters. The van der Waals surface area contributed by atoms with Crippen molar-refractivity contribution < 1.29 is 9.66 Å². The molecule has 20 heavy (non-hydrogen) atoms. The van der Waals surface area contributed by atoms with Crippen molar-refractivity contribution in [3.8, 4) is 5.75 Å². The number of benzene rings is 2. The van der Waals surface area contributed by atoms with Crippen LogP contribution in [-0.4, -0.2) is 12.0 Å². The molecule has 0 bridgehead atoms. The highest BCUT2D eigenvalue weighted by Crippen LogP contribution is 2.26. The van der Waals surface area contributed by atoms with Gasteiger partial charge in [-0.3, -0.25) is 10.1 Å². The number of nitrogens with zero attached hydrogens (tertiary/aromatic N) is 1. The fourth-order valence-electron chi connectivity index (χ4n) is 1.77. The van der Waals surface area contributed by atoms with E-state index in [0.29, 0.717) is 11.6 Å². The van der Waals surface area contributed by atoms with Crippen molar-refractivity contribution >= 4 is 23.0 Å². The zero-order chi connectivity index (χ0) is 14.5. The minimum atomic E-state index is -0.469. The maximum absolute atomic E-state index is 10.6. The summed E-state index contributed by atoms with van der Waals surface area (Å²) in [6, 6.07) is 11.9. The second-order valence-corrected chi connectivity index (χ2v) is 4.49. The summed E-state index contributed by atoms with van der Waals surface area (Å²) in [6.07, 6.45) is 0. The lowest BCUT2D eigenvalue weighted by molar-refractivity contribution is -0.384. The van der Waals surface area contributed by atoms with Crippen LogP contribution in [0.5, 0.6) is 5.75 Å². The molecule has 2 rings (SSSR count). The SMILES string of the molecule is COc1ccccc1NCc1ccc([N+](=O)[O-])cc1Cl. The first kappa shape index (κ1) is 14.1. The Hall–Kier alpha value is -2.27. The Morgan fingerprint density at radius 1 is 1.30 bits per heavy atom. The molecule has 104 valence electrons. The Morgan fingerprint density at radius 2 is 2.05 bits per heavy atom. The standard InChI is InChI=1S/C14H13ClN2O3/c1-20-14-5-3-2-4-13(14)16-9-10-6-7-11(17(18)19)8-12(10)15/h2-8,16H,9H2,1H3. The molecule has 0 aromatic heterocycles. The maximum Gasteiger partial charge on any atom is 0.270 e. The molecule has 6 heteroatoms. The minimum Gasteiger partial charge on any atom is -0.495 e. The number of nitro groups is 1. The summed E-state index contributed by atoms with van der Waals surface area (Å²) in [7, 11) is 1.60. The van der Waals surface area contributed by atoms with E-state index in [2.05, 4.69) is 5.32 Å². The van der Waals surface area contributed by atoms with Gasteiger partial charge in [-0.25, -0.2) is 0 Å². The second kappa shape index (κ2) is 6.25. The zero-order valence-corrected chi connectivity index (χ0v) is 11.6. The topological polar surface area (TPSA) is 64.4 Å². The van der Waals surface area contributed by atoms with Crippen LogP contribution in [0.2, 0.25) is 5.02 Å². The molecule has 0 heterocycles. The van der Waals surface area contributed by atoms with Gasteiger partial charge in [0, 0.05) is 18.7 Å². The normalized spacial score (nSPS) is 10.1. The quantitative estimate of drug-likeness (QED) is 0.671. The molecule has 0 aliphatic rings. The van der Waals surface area contributed by atoms with Gasteiger partial charge in [0.25, 0.3) is 5.69 Å². The van der Waals surface area contributed by atoms with E-state index < -0.39 is 4.92 Å². The zero-order valence-electron chi connectivity index (χ0n) is 10.8. The van der Waals surface area contributed by atoms with E-state index in [1.54, 1.807) is 13.2 Å². The summed E-state index contributed by atoms with van der Waals surface area (Å²) in [5.41, 5.74) is 1.60.